The topological polar surface area (TPSA) is 12.9 Å². The Labute approximate surface area is 86.3 Å². The Morgan fingerprint density at radius 3 is 2.83 bits per heavy atom. The molecule has 1 rings (SSSR count). The summed E-state index contributed by atoms with van der Waals surface area (Å²) in [6.07, 6.45) is 2.64. The Kier molecular flexibility index (Phi) is 3.53. The largest absolute Gasteiger partial charge is 0.260 e. The van der Waals surface area contributed by atoms with Gasteiger partial charge in [0.15, 0.2) is 0 Å². The number of rotatable bonds is 2. The van der Waals surface area contributed by atoms with Gasteiger partial charge in [0.25, 0.3) is 0 Å². The van der Waals surface area contributed by atoms with Crippen LogP contribution in [0.15, 0.2) is 16.7 Å². The molecule has 1 aromatic rings. The highest BCUT2D eigenvalue weighted by molar-refractivity contribution is 9.10. The van der Waals surface area contributed by atoms with Crippen LogP contribution in [-0.4, -0.2) is 10.4 Å². The SMILES string of the molecule is Cc1cc(Br)cnc1CC(C)Cl. The third kappa shape index (κ3) is 2.76. The summed E-state index contributed by atoms with van der Waals surface area (Å²) in [6, 6.07) is 2.06. The van der Waals surface area contributed by atoms with E-state index < -0.39 is 0 Å². The smallest absolute Gasteiger partial charge is 0.0448 e. The van der Waals surface area contributed by atoms with E-state index in [1.807, 2.05) is 20.0 Å². The van der Waals surface area contributed by atoms with E-state index in [0.29, 0.717) is 0 Å². The maximum absolute atomic E-state index is 5.87. The van der Waals surface area contributed by atoms with Crippen LogP contribution in [0.1, 0.15) is 18.2 Å². The minimum absolute atomic E-state index is 0.150. The number of hydrogen-bond donors (Lipinski definition) is 0. The second kappa shape index (κ2) is 4.24. The van der Waals surface area contributed by atoms with Crippen molar-refractivity contribution in [1.29, 1.82) is 0 Å². The highest BCUT2D eigenvalue weighted by Gasteiger charge is 2.04. The molecule has 0 saturated carbocycles. The van der Waals surface area contributed by atoms with Crippen LogP contribution in [-0.2, 0) is 6.42 Å². The fourth-order valence-electron chi connectivity index (χ4n) is 1.05. The number of aromatic nitrogens is 1. The lowest BCUT2D eigenvalue weighted by atomic mass is 10.1. The van der Waals surface area contributed by atoms with Crippen molar-refractivity contribution in [2.75, 3.05) is 0 Å². The number of hydrogen-bond acceptors (Lipinski definition) is 1. The quantitative estimate of drug-likeness (QED) is 0.732. The van der Waals surface area contributed by atoms with E-state index in [0.717, 1.165) is 16.6 Å². The summed E-state index contributed by atoms with van der Waals surface area (Å²) >= 11 is 9.24. The summed E-state index contributed by atoms with van der Waals surface area (Å²) in [5, 5.41) is 0.150. The number of pyridine rings is 1. The summed E-state index contributed by atoms with van der Waals surface area (Å²) in [4.78, 5) is 4.29. The Hall–Kier alpha value is -0.0800. The van der Waals surface area contributed by atoms with Gasteiger partial charge in [-0.25, -0.2) is 0 Å². The summed E-state index contributed by atoms with van der Waals surface area (Å²) in [5.41, 5.74) is 2.28. The van der Waals surface area contributed by atoms with E-state index in [4.69, 9.17) is 11.6 Å². The van der Waals surface area contributed by atoms with Crippen molar-refractivity contribution in [3.05, 3.63) is 28.0 Å². The Morgan fingerprint density at radius 1 is 1.67 bits per heavy atom. The number of aryl methyl sites for hydroxylation is 1. The van der Waals surface area contributed by atoms with Gasteiger partial charge in [0.05, 0.1) is 0 Å². The lowest BCUT2D eigenvalue weighted by Gasteiger charge is -2.05. The maximum atomic E-state index is 5.87. The molecule has 0 spiro atoms. The molecule has 0 radical (unpaired) electrons. The van der Waals surface area contributed by atoms with Crippen molar-refractivity contribution in [3.63, 3.8) is 0 Å². The van der Waals surface area contributed by atoms with Crippen molar-refractivity contribution in [2.24, 2.45) is 0 Å². The van der Waals surface area contributed by atoms with E-state index >= 15 is 0 Å². The minimum Gasteiger partial charge on any atom is -0.260 e. The molecule has 1 unspecified atom stereocenters. The molecule has 0 amide bonds. The van der Waals surface area contributed by atoms with E-state index in [1.54, 1.807) is 0 Å². The number of nitrogens with zero attached hydrogens (tertiary/aromatic N) is 1. The normalized spacial score (nSPS) is 13.0. The molecule has 3 heteroatoms. The van der Waals surface area contributed by atoms with Crippen LogP contribution >= 0.6 is 27.5 Å². The average Bonchev–Trinajstić information content (AvgIpc) is 1.94. The van der Waals surface area contributed by atoms with Crippen molar-refractivity contribution >= 4 is 27.5 Å². The molecule has 0 saturated heterocycles. The van der Waals surface area contributed by atoms with E-state index in [9.17, 15) is 0 Å². The van der Waals surface area contributed by atoms with Gasteiger partial charge in [0.1, 0.15) is 0 Å². The second-order valence-corrected chi connectivity index (χ2v) is 4.56. The van der Waals surface area contributed by atoms with Gasteiger partial charge in [0.2, 0.25) is 0 Å². The van der Waals surface area contributed by atoms with Gasteiger partial charge in [-0.2, -0.15) is 0 Å². The molecule has 1 nitrogen and oxygen atoms in total. The summed E-state index contributed by atoms with van der Waals surface area (Å²) in [6.45, 7) is 4.02. The first kappa shape index (κ1) is 10.0. The molecular formula is C9H11BrClN. The van der Waals surface area contributed by atoms with Crippen LogP contribution in [0.25, 0.3) is 0 Å². The molecule has 1 aromatic heterocycles. The van der Waals surface area contributed by atoms with Gasteiger partial charge in [-0.1, -0.05) is 0 Å². The molecule has 0 aromatic carbocycles. The molecule has 0 fully saturated rings. The molecule has 66 valence electrons. The lowest BCUT2D eigenvalue weighted by Crippen LogP contribution is -2.01. The van der Waals surface area contributed by atoms with Gasteiger partial charge >= 0.3 is 0 Å². The Balaban J connectivity index is 2.86. The predicted octanol–water partition coefficient (Wildman–Crippen LogP) is 3.32. The first-order valence-electron chi connectivity index (χ1n) is 3.84. The fourth-order valence-corrected chi connectivity index (χ4v) is 1.64. The van der Waals surface area contributed by atoms with E-state index in [2.05, 4.69) is 27.0 Å². The standard InChI is InChI=1S/C9H11BrClN/c1-6-3-8(10)5-12-9(6)4-7(2)11/h3,5,7H,4H2,1-2H3. The van der Waals surface area contributed by atoms with Crippen LogP contribution in [0, 0.1) is 6.92 Å². The van der Waals surface area contributed by atoms with Crippen molar-refractivity contribution in [2.45, 2.75) is 25.6 Å². The highest BCUT2D eigenvalue weighted by Crippen LogP contribution is 2.15. The van der Waals surface area contributed by atoms with Gasteiger partial charge < -0.3 is 0 Å². The fraction of sp³-hybridized carbons (Fsp3) is 0.444. The zero-order valence-corrected chi connectivity index (χ0v) is 9.48. The van der Waals surface area contributed by atoms with Crippen LogP contribution in [0.3, 0.4) is 0 Å². The number of alkyl halides is 1. The molecule has 0 aliphatic carbocycles. The summed E-state index contributed by atoms with van der Waals surface area (Å²) in [7, 11) is 0. The van der Waals surface area contributed by atoms with Crippen molar-refractivity contribution in [1.82, 2.24) is 4.98 Å². The monoisotopic (exact) mass is 247 g/mol. The predicted molar refractivity (Wildman–Crippen MR) is 55.7 cm³/mol. The van der Waals surface area contributed by atoms with Crippen molar-refractivity contribution < 1.29 is 0 Å². The van der Waals surface area contributed by atoms with Crippen molar-refractivity contribution in [3.8, 4) is 0 Å². The molecule has 0 bridgehead atoms. The minimum atomic E-state index is 0.150. The molecule has 12 heavy (non-hydrogen) atoms. The Morgan fingerprint density at radius 2 is 2.33 bits per heavy atom. The third-order valence-corrected chi connectivity index (χ3v) is 2.22. The van der Waals surface area contributed by atoms with Crippen LogP contribution in [0.2, 0.25) is 0 Å². The number of halogens is 2. The van der Waals surface area contributed by atoms with Crippen LogP contribution in [0.5, 0.6) is 0 Å². The first-order chi connectivity index (χ1) is 5.59. The van der Waals surface area contributed by atoms with Gasteiger partial charge in [0, 0.05) is 28.2 Å². The summed E-state index contributed by atoms with van der Waals surface area (Å²) in [5.74, 6) is 0. The van der Waals surface area contributed by atoms with Gasteiger partial charge in [-0.05, 0) is 41.4 Å². The zero-order chi connectivity index (χ0) is 9.14. The molecule has 1 heterocycles. The van der Waals surface area contributed by atoms with E-state index in [1.165, 1.54) is 5.56 Å². The van der Waals surface area contributed by atoms with Crippen LogP contribution < -0.4 is 0 Å². The molecule has 1 atom stereocenters. The molecule has 0 aliphatic heterocycles. The third-order valence-electron chi connectivity index (χ3n) is 1.63. The Bertz CT molecular complexity index is 273. The molecular weight excluding hydrogens is 237 g/mol. The summed E-state index contributed by atoms with van der Waals surface area (Å²) < 4.78 is 1.02. The van der Waals surface area contributed by atoms with E-state index in [-0.39, 0.29) is 5.38 Å². The van der Waals surface area contributed by atoms with Gasteiger partial charge in [-0.15, -0.1) is 11.6 Å². The average molecular weight is 249 g/mol. The lowest BCUT2D eigenvalue weighted by molar-refractivity contribution is 0.878. The first-order valence-corrected chi connectivity index (χ1v) is 5.07. The second-order valence-electron chi connectivity index (χ2n) is 2.90. The molecule has 0 aliphatic rings. The zero-order valence-electron chi connectivity index (χ0n) is 7.14. The van der Waals surface area contributed by atoms with Gasteiger partial charge in [-0.3, -0.25) is 4.98 Å². The highest BCUT2D eigenvalue weighted by atomic mass is 79.9. The molecule has 0 N–H and O–H groups in total. The maximum Gasteiger partial charge on any atom is 0.0448 e. The van der Waals surface area contributed by atoms with Crippen LogP contribution in [0.4, 0.5) is 0 Å².